The molecule has 71 heavy (non-hydrogen) atoms. The van der Waals surface area contributed by atoms with Gasteiger partial charge in [-0.05, 0) is 56.8 Å². The van der Waals surface area contributed by atoms with E-state index in [4.69, 9.17) is 0 Å². The molecule has 422 valence electrons. The third-order valence-corrected chi connectivity index (χ3v) is 16.3. The lowest BCUT2D eigenvalue weighted by molar-refractivity contribution is -0.773. The van der Waals surface area contributed by atoms with Crippen molar-refractivity contribution in [2.24, 2.45) is 0 Å². The van der Waals surface area contributed by atoms with Gasteiger partial charge in [0.25, 0.3) is 0 Å². The van der Waals surface area contributed by atoms with Crippen molar-refractivity contribution in [3.05, 3.63) is 36.8 Å². The summed E-state index contributed by atoms with van der Waals surface area (Å²) in [6.07, 6.45) is 88.2. The summed E-state index contributed by atoms with van der Waals surface area (Å²) in [6, 6.07) is 0. The molecule has 0 spiro atoms. The molecule has 0 saturated carbocycles. The van der Waals surface area contributed by atoms with Crippen molar-refractivity contribution < 1.29 is 17.5 Å². The quantitative estimate of drug-likeness (QED) is 0.0347. The summed E-state index contributed by atoms with van der Waals surface area (Å²) in [4.78, 5) is 0. The fourth-order valence-corrected chi connectivity index (χ4v) is 11.1. The smallest absolute Gasteiger partial charge is 0.101 e. The maximum absolute atomic E-state index is 11.7. The standard InChI is InChI=1S/C66H129NO3S/c1-4-7-10-13-16-19-22-25-28-31-34-37-40-43-46-49-52-55-58-62-67(65-61-66-71(68,69)70,63-59-56-53-50-47-44-41-38-35-32-29-26-23-20-17-14-11-8-5-2)64-60-57-54-51-48-45-42-39-36-33-30-27-24-21-18-15-12-9-6-3/h58-60,62-64H,4-57,61,65-66H2,1-3H3/b62-58+,63-59+,64-60+. The van der Waals surface area contributed by atoms with E-state index < -0.39 is 10.1 Å². The predicted octanol–water partition coefficient (Wildman–Crippen LogP) is 23.4. The minimum Gasteiger partial charge on any atom is -0.748 e. The number of allylic oxidation sites excluding steroid dienone is 3. The van der Waals surface area contributed by atoms with Crippen LogP contribution in [0.1, 0.15) is 374 Å². The molecule has 0 radical (unpaired) electrons. The van der Waals surface area contributed by atoms with Crippen LogP contribution in [-0.2, 0) is 10.1 Å². The lowest BCUT2D eigenvalue weighted by atomic mass is 10.0. The van der Waals surface area contributed by atoms with Gasteiger partial charge in [0.2, 0.25) is 0 Å². The zero-order valence-corrected chi connectivity index (χ0v) is 49.7. The predicted molar refractivity (Wildman–Crippen MR) is 318 cm³/mol. The van der Waals surface area contributed by atoms with Crippen LogP contribution in [0.3, 0.4) is 0 Å². The van der Waals surface area contributed by atoms with Crippen LogP contribution in [-0.4, -0.2) is 29.8 Å². The number of rotatable bonds is 61. The highest BCUT2D eigenvalue weighted by Gasteiger charge is 2.19. The number of hydrogen-bond donors (Lipinski definition) is 0. The lowest BCUT2D eigenvalue weighted by Gasteiger charge is -2.27. The molecule has 0 aliphatic carbocycles. The Morgan fingerprint density at radius 3 is 0.606 bits per heavy atom. The van der Waals surface area contributed by atoms with Crippen LogP contribution in [0.15, 0.2) is 36.8 Å². The normalized spacial score (nSPS) is 12.6. The molecule has 0 saturated heterocycles. The number of unbranched alkanes of at least 4 members (excludes halogenated alkanes) is 51. The maximum Gasteiger partial charge on any atom is 0.101 e. The van der Waals surface area contributed by atoms with Gasteiger partial charge in [-0.25, -0.2) is 12.9 Å². The molecule has 0 amide bonds. The minimum atomic E-state index is -4.24. The SMILES string of the molecule is CCCCCCCCCCCCCCCCCCC/C=C/[N+](/C=C/CCCCCCCCCCCCCCCCCCC)(/C=C/CCCCCCCCCCCCCCCCCCC)CCCS(=O)(=O)[O-]. The Morgan fingerprint density at radius 2 is 0.437 bits per heavy atom. The van der Waals surface area contributed by atoms with Gasteiger partial charge >= 0.3 is 0 Å². The van der Waals surface area contributed by atoms with E-state index in [1.165, 1.54) is 327 Å². The van der Waals surface area contributed by atoms with Crippen molar-refractivity contribution in [1.29, 1.82) is 0 Å². The number of nitrogens with zero attached hydrogens (tertiary/aromatic N) is 1. The van der Waals surface area contributed by atoms with Gasteiger partial charge in [-0.1, -0.05) is 329 Å². The molecular weight excluding hydrogens is 887 g/mol. The second kappa shape index (κ2) is 58.4. The van der Waals surface area contributed by atoms with Crippen LogP contribution in [0.25, 0.3) is 0 Å². The van der Waals surface area contributed by atoms with Crippen molar-refractivity contribution >= 4 is 10.1 Å². The molecule has 0 fully saturated rings. The average Bonchev–Trinajstić information content (AvgIpc) is 3.35. The lowest BCUT2D eigenvalue weighted by Crippen LogP contribution is -2.33. The molecule has 0 unspecified atom stereocenters. The Bertz CT molecular complexity index is 1090. The van der Waals surface area contributed by atoms with Crippen molar-refractivity contribution in [2.45, 2.75) is 374 Å². The largest absolute Gasteiger partial charge is 0.748 e. The first-order valence-electron chi connectivity index (χ1n) is 32.7. The Hall–Kier alpha value is -0.910. The van der Waals surface area contributed by atoms with Gasteiger partial charge in [0.1, 0.15) is 18.6 Å². The van der Waals surface area contributed by atoms with Crippen LogP contribution in [0, 0.1) is 0 Å². The van der Waals surface area contributed by atoms with Crippen molar-refractivity contribution in [3.63, 3.8) is 0 Å². The number of hydrogen-bond acceptors (Lipinski definition) is 3. The van der Waals surface area contributed by atoms with Gasteiger partial charge < -0.3 is 4.55 Å². The molecule has 0 aromatic heterocycles. The summed E-state index contributed by atoms with van der Waals surface area (Å²) in [6.45, 7) is 7.51. The van der Waals surface area contributed by atoms with Gasteiger partial charge in [0, 0.05) is 12.2 Å². The molecule has 0 atom stereocenters. The summed E-state index contributed by atoms with van der Waals surface area (Å²) in [5.74, 6) is -0.292. The highest BCUT2D eigenvalue weighted by Crippen LogP contribution is 2.21. The summed E-state index contributed by atoms with van der Waals surface area (Å²) in [5, 5.41) is 0. The third kappa shape index (κ3) is 58.2. The highest BCUT2D eigenvalue weighted by molar-refractivity contribution is 7.85. The zero-order chi connectivity index (χ0) is 51.5. The Morgan fingerprint density at radius 1 is 0.268 bits per heavy atom. The van der Waals surface area contributed by atoms with E-state index in [1.807, 2.05) is 0 Å². The van der Waals surface area contributed by atoms with Gasteiger partial charge in [0.05, 0.1) is 16.7 Å². The van der Waals surface area contributed by atoms with Crippen LogP contribution in [0.5, 0.6) is 0 Å². The fourth-order valence-electron chi connectivity index (χ4n) is 10.7. The summed E-state index contributed by atoms with van der Waals surface area (Å²) in [5.41, 5.74) is 0. The van der Waals surface area contributed by atoms with Crippen LogP contribution >= 0.6 is 0 Å². The zero-order valence-electron chi connectivity index (χ0n) is 48.8. The molecule has 0 heterocycles. The van der Waals surface area contributed by atoms with Crippen LogP contribution in [0.4, 0.5) is 0 Å². The van der Waals surface area contributed by atoms with E-state index in [0.717, 1.165) is 19.3 Å². The van der Waals surface area contributed by atoms with Gasteiger partial charge in [-0.15, -0.1) is 0 Å². The average molecular weight is 1020 g/mol. The highest BCUT2D eigenvalue weighted by atomic mass is 32.2. The van der Waals surface area contributed by atoms with E-state index in [1.54, 1.807) is 0 Å². The molecule has 0 bridgehead atoms. The van der Waals surface area contributed by atoms with Crippen LogP contribution < -0.4 is 0 Å². The van der Waals surface area contributed by atoms with Gasteiger partial charge in [-0.2, -0.15) is 0 Å². The molecule has 5 heteroatoms. The molecule has 0 aliphatic rings. The maximum atomic E-state index is 11.7. The Balaban J connectivity index is 4.83. The van der Waals surface area contributed by atoms with E-state index in [-0.39, 0.29) is 5.75 Å². The van der Waals surface area contributed by atoms with Crippen molar-refractivity contribution in [2.75, 3.05) is 12.3 Å². The minimum absolute atomic E-state index is 0.292. The summed E-state index contributed by atoms with van der Waals surface area (Å²) in [7, 11) is -4.24. The molecule has 0 N–H and O–H groups in total. The molecule has 0 aliphatic heterocycles. The third-order valence-electron chi connectivity index (χ3n) is 15.5. The summed E-state index contributed by atoms with van der Waals surface area (Å²) < 4.78 is 35.7. The molecule has 0 rings (SSSR count). The first kappa shape index (κ1) is 70.1. The van der Waals surface area contributed by atoms with Gasteiger partial charge in [0.15, 0.2) is 0 Å². The molecule has 0 aromatic rings. The Kier molecular flexibility index (Phi) is 57.6. The van der Waals surface area contributed by atoms with E-state index in [9.17, 15) is 13.0 Å². The monoisotopic (exact) mass is 1020 g/mol. The second-order valence-corrected chi connectivity index (χ2v) is 24.3. The molecule has 4 nitrogen and oxygen atoms in total. The second-order valence-electron chi connectivity index (χ2n) is 22.8. The molecule has 0 aromatic carbocycles. The Labute approximate surface area is 448 Å². The molecular formula is C66H129NO3S. The summed E-state index contributed by atoms with van der Waals surface area (Å²) >= 11 is 0. The first-order valence-corrected chi connectivity index (χ1v) is 34.3. The topological polar surface area (TPSA) is 57.2 Å². The first-order chi connectivity index (χ1) is 34.9. The fraction of sp³-hybridized carbons (Fsp3) is 0.909. The van der Waals surface area contributed by atoms with E-state index in [2.05, 4.69) is 57.6 Å². The van der Waals surface area contributed by atoms with Crippen LogP contribution in [0.2, 0.25) is 0 Å². The van der Waals surface area contributed by atoms with Crippen molar-refractivity contribution in [3.8, 4) is 0 Å². The van der Waals surface area contributed by atoms with E-state index >= 15 is 0 Å². The van der Waals surface area contributed by atoms with Gasteiger partial charge in [-0.3, -0.25) is 0 Å². The van der Waals surface area contributed by atoms with Crippen molar-refractivity contribution in [1.82, 2.24) is 0 Å². The van der Waals surface area contributed by atoms with E-state index in [0.29, 0.717) is 17.4 Å². The number of quaternary nitrogens is 1.